The monoisotopic (exact) mass is 244 g/mol. The van der Waals surface area contributed by atoms with E-state index in [0.29, 0.717) is 5.92 Å². The minimum absolute atomic E-state index is 0.440. The average molecular weight is 244 g/mol. The maximum atomic E-state index is 9.52. The Morgan fingerprint density at radius 3 is 2.33 bits per heavy atom. The molecule has 1 N–H and O–H groups in total. The number of rotatable bonds is 6. The molecular formula is C16H24N2. The fourth-order valence-electron chi connectivity index (χ4n) is 2.09. The van der Waals surface area contributed by atoms with Crippen LogP contribution in [-0.4, -0.2) is 5.54 Å². The van der Waals surface area contributed by atoms with Crippen LogP contribution < -0.4 is 5.32 Å². The van der Waals surface area contributed by atoms with Crippen molar-refractivity contribution in [2.24, 2.45) is 5.92 Å². The summed E-state index contributed by atoms with van der Waals surface area (Å²) in [5.41, 5.74) is 1.83. The van der Waals surface area contributed by atoms with Crippen LogP contribution in [0.15, 0.2) is 24.3 Å². The van der Waals surface area contributed by atoms with E-state index in [2.05, 4.69) is 51.2 Å². The summed E-state index contributed by atoms with van der Waals surface area (Å²) >= 11 is 0. The summed E-state index contributed by atoms with van der Waals surface area (Å²) < 4.78 is 0. The summed E-state index contributed by atoms with van der Waals surface area (Å²) in [6.45, 7) is 8.53. The van der Waals surface area contributed by atoms with Crippen LogP contribution in [-0.2, 0) is 0 Å². The van der Waals surface area contributed by atoms with Crippen LogP contribution in [0.1, 0.15) is 45.6 Å². The molecule has 0 fully saturated rings. The average Bonchev–Trinajstić information content (AvgIpc) is 2.40. The maximum Gasteiger partial charge on any atom is 0.125 e. The molecule has 2 unspecified atom stereocenters. The van der Waals surface area contributed by atoms with Gasteiger partial charge in [-0.25, -0.2) is 0 Å². The summed E-state index contributed by atoms with van der Waals surface area (Å²) in [4.78, 5) is 0. The Morgan fingerprint density at radius 2 is 1.89 bits per heavy atom. The maximum absolute atomic E-state index is 9.52. The molecule has 0 spiro atoms. The second-order valence-electron chi connectivity index (χ2n) is 5.26. The molecule has 1 rings (SSSR count). The predicted molar refractivity (Wildman–Crippen MR) is 77.5 cm³/mol. The number of hydrogen-bond acceptors (Lipinski definition) is 2. The fraction of sp³-hybridized carbons (Fsp3) is 0.562. The first-order chi connectivity index (χ1) is 8.55. The van der Waals surface area contributed by atoms with Gasteiger partial charge in [0, 0.05) is 5.69 Å². The van der Waals surface area contributed by atoms with Crippen molar-refractivity contribution in [3.63, 3.8) is 0 Å². The molecule has 0 radical (unpaired) electrons. The van der Waals surface area contributed by atoms with E-state index < -0.39 is 5.54 Å². The second kappa shape index (κ2) is 6.44. The zero-order chi connectivity index (χ0) is 13.6. The van der Waals surface area contributed by atoms with Crippen LogP contribution >= 0.6 is 0 Å². The number of nitrogens with zero attached hydrogens (tertiary/aromatic N) is 1. The molecule has 0 aliphatic rings. The highest BCUT2D eigenvalue weighted by atomic mass is 15.0. The van der Waals surface area contributed by atoms with Gasteiger partial charge in [-0.15, -0.1) is 0 Å². The van der Waals surface area contributed by atoms with E-state index in [1.807, 2.05) is 12.1 Å². The molecule has 98 valence electrons. The fourth-order valence-corrected chi connectivity index (χ4v) is 2.09. The molecule has 0 aliphatic heterocycles. The second-order valence-corrected chi connectivity index (χ2v) is 5.26. The lowest BCUT2D eigenvalue weighted by atomic mass is 9.85. The minimum atomic E-state index is -0.440. The summed E-state index contributed by atoms with van der Waals surface area (Å²) in [5.74, 6) is 0.558. The highest BCUT2D eigenvalue weighted by Gasteiger charge is 2.29. The molecule has 1 aromatic rings. The van der Waals surface area contributed by atoms with Gasteiger partial charge in [0.05, 0.1) is 6.07 Å². The van der Waals surface area contributed by atoms with Crippen molar-refractivity contribution in [1.29, 1.82) is 5.26 Å². The van der Waals surface area contributed by atoms with Crippen molar-refractivity contribution < 1.29 is 0 Å². The Hall–Kier alpha value is -1.49. The van der Waals surface area contributed by atoms with Crippen molar-refractivity contribution in [1.82, 2.24) is 0 Å². The van der Waals surface area contributed by atoms with Crippen molar-refractivity contribution in [2.75, 3.05) is 5.32 Å². The van der Waals surface area contributed by atoms with Crippen LogP contribution in [0.5, 0.6) is 0 Å². The van der Waals surface area contributed by atoms with Gasteiger partial charge in [0.2, 0.25) is 0 Å². The van der Waals surface area contributed by atoms with Crippen molar-refractivity contribution in [3.05, 3.63) is 29.8 Å². The Balaban J connectivity index is 2.85. The molecular weight excluding hydrogens is 220 g/mol. The smallest absolute Gasteiger partial charge is 0.125 e. The molecule has 2 nitrogen and oxygen atoms in total. The van der Waals surface area contributed by atoms with Gasteiger partial charge in [0.15, 0.2) is 0 Å². The Kier molecular flexibility index (Phi) is 5.22. The molecule has 0 saturated carbocycles. The lowest BCUT2D eigenvalue weighted by Gasteiger charge is -2.30. The largest absolute Gasteiger partial charge is 0.367 e. The van der Waals surface area contributed by atoms with E-state index >= 15 is 0 Å². The molecule has 1 aromatic carbocycles. The third-order valence-corrected chi connectivity index (χ3v) is 3.65. The lowest BCUT2D eigenvalue weighted by Crippen LogP contribution is -2.37. The van der Waals surface area contributed by atoms with Gasteiger partial charge in [-0.05, 0) is 37.8 Å². The van der Waals surface area contributed by atoms with Crippen LogP contribution in [0.4, 0.5) is 5.69 Å². The van der Waals surface area contributed by atoms with E-state index in [-0.39, 0.29) is 0 Å². The normalized spacial score (nSPS) is 15.5. The quantitative estimate of drug-likeness (QED) is 0.798. The van der Waals surface area contributed by atoms with Gasteiger partial charge in [-0.3, -0.25) is 0 Å². The van der Waals surface area contributed by atoms with Gasteiger partial charge >= 0.3 is 0 Å². The number of anilines is 1. The Morgan fingerprint density at radius 1 is 1.28 bits per heavy atom. The molecule has 0 aromatic heterocycles. The predicted octanol–water partition coefficient (Wildman–Crippen LogP) is 4.52. The summed E-state index contributed by atoms with van der Waals surface area (Å²) in [7, 11) is 0. The Labute approximate surface area is 111 Å². The molecule has 0 aliphatic carbocycles. The molecule has 0 bridgehead atoms. The highest BCUT2D eigenvalue weighted by Crippen LogP contribution is 2.27. The van der Waals surface area contributed by atoms with Crippen LogP contribution in [0.3, 0.4) is 0 Å². The lowest BCUT2D eigenvalue weighted by molar-refractivity contribution is 0.404. The van der Waals surface area contributed by atoms with Gasteiger partial charge in [0.1, 0.15) is 5.54 Å². The van der Waals surface area contributed by atoms with E-state index in [1.54, 1.807) is 0 Å². The van der Waals surface area contributed by atoms with E-state index in [4.69, 9.17) is 0 Å². The number of hydrogen-bond donors (Lipinski definition) is 1. The van der Waals surface area contributed by atoms with Gasteiger partial charge in [-0.1, -0.05) is 44.9 Å². The van der Waals surface area contributed by atoms with Crippen LogP contribution in [0.25, 0.3) is 0 Å². The van der Waals surface area contributed by atoms with Gasteiger partial charge in [0.25, 0.3) is 0 Å². The zero-order valence-corrected chi connectivity index (χ0v) is 12.0. The van der Waals surface area contributed by atoms with E-state index in [9.17, 15) is 5.26 Å². The molecule has 0 amide bonds. The molecule has 2 heteroatoms. The molecule has 0 saturated heterocycles. The number of nitrogens with one attached hydrogen (secondary N) is 1. The van der Waals surface area contributed by atoms with Crippen LogP contribution in [0, 0.1) is 24.2 Å². The van der Waals surface area contributed by atoms with Crippen molar-refractivity contribution in [2.45, 2.75) is 52.5 Å². The van der Waals surface area contributed by atoms with Gasteiger partial charge < -0.3 is 5.32 Å². The Bertz CT molecular complexity index is 402. The standard InChI is InChI=1S/C16H24N2/c1-5-13(3)11-16(6-2,12-17)18-15-9-7-14(4)8-10-15/h7-10,13,18H,5-6,11H2,1-4H3. The van der Waals surface area contributed by atoms with Gasteiger partial charge in [-0.2, -0.15) is 5.26 Å². The number of aryl methyl sites for hydroxylation is 1. The minimum Gasteiger partial charge on any atom is -0.367 e. The molecule has 0 heterocycles. The summed E-state index contributed by atoms with van der Waals surface area (Å²) in [5, 5.41) is 12.9. The van der Waals surface area contributed by atoms with Crippen LogP contribution in [0.2, 0.25) is 0 Å². The number of nitriles is 1. The van der Waals surface area contributed by atoms with Crippen molar-refractivity contribution in [3.8, 4) is 6.07 Å². The van der Waals surface area contributed by atoms with E-state index in [0.717, 1.165) is 24.9 Å². The molecule has 2 atom stereocenters. The molecule has 18 heavy (non-hydrogen) atoms. The van der Waals surface area contributed by atoms with E-state index in [1.165, 1.54) is 5.56 Å². The SMILES string of the molecule is CCC(C)CC(C#N)(CC)Nc1ccc(C)cc1. The summed E-state index contributed by atoms with van der Waals surface area (Å²) in [6, 6.07) is 10.7. The third kappa shape index (κ3) is 3.77. The first-order valence-corrected chi connectivity index (χ1v) is 6.81. The number of benzene rings is 1. The first kappa shape index (κ1) is 14.6. The zero-order valence-electron chi connectivity index (χ0n) is 12.0. The summed E-state index contributed by atoms with van der Waals surface area (Å²) in [6.07, 6.45) is 2.82. The first-order valence-electron chi connectivity index (χ1n) is 6.81. The highest BCUT2D eigenvalue weighted by molar-refractivity contribution is 5.48. The topological polar surface area (TPSA) is 35.8 Å². The van der Waals surface area contributed by atoms with Crippen molar-refractivity contribution >= 4 is 5.69 Å². The third-order valence-electron chi connectivity index (χ3n) is 3.65.